The van der Waals surface area contributed by atoms with Crippen LogP contribution in [-0.2, 0) is 16.1 Å². The molecule has 72 valence electrons. The minimum atomic E-state index is -0.337. The predicted octanol–water partition coefficient (Wildman–Crippen LogP) is 0.0479. The largest absolute Gasteiger partial charge is 0.464 e. The van der Waals surface area contributed by atoms with Crippen molar-refractivity contribution in [2.24, 2.45) is 0 Å². The van der Waals surface area contributed by atoms with E-state index in [0.717, 1.165) is 5.69 Å². The fraction of sp³-hybridized carbons (Fsp3) is 0.500. The summed E-state index contributed by atoms with van der Waals surface area (Å²) in [6.07, 6.45) is 0. The average Bonchev–Trinajstić information content (AvgIpc) is 2.29. The Kier molecular flexibility index (Phi) is 2.89. The first kappa shape index (κ1) is 9.57. The molecule has 0 aliphatic rings. The molecular weight excluding hydrogens is 172 g/mol. The number of aromatic amines is 1. The fourth-order valence-electron chi connectivity index (χ4n) is 1.01. The Morgan fingerprint density at radius 3 is 2.85 bits per heavy atom. The lowest BCUT2D eigenvalue weighted by molar-refractivity contribution is -0.141. The normalized spacial score (nSPS) is 10.0. The summed E-state index contributed by atoms with van der Waals surface area (Å²) in [5.41, 5.74) is 0.692. The molecule has 1 N–H and O–H groups in total. The number of carbonyl (C=O) groups is 1. The smallest absolute Gasteiger partial charge is 0.302 e. The third-order valence-electron chi connectivity index (χ3n) is 1.54. The van der Waals surface area contributed by atoms with E-state index in [9.17, 15) is 9.59 Å². The molecule has 1 rings (SSSR count). The number of nitrogens with zero attached hydrogens (tertiary/aromatic N) is 1. The lowest BCUT2D eigenvalue weighted by Crippen LogP contribution is -2.19. The Morgan fingerprint density at radius 1 is 1.69 bits per heavy atom. The van der Waals surface area contributed by atoms with Crippen molar-refractivity contribution in [2.75, 3.05) is 6.61 Å². The van der Waals surface area contributed by atoms with E-state index in [1.54, 1.807) is 6.92 Å². The van der Waals surface area contributed by atoms with Crippen molar-refractivity contribution < 1.29 is 9.53 Å². The van der Waals surface area contributed by atoms with Crippen molar-refractivity contribution in [1.29, 1.82) is 0 Å². The van der Waals surface area contributed by atoms with Crippen molar-refractivity contribution in [3.63, 3.8) is 0 Å². The second-order valence-electron chi connectivity index (χ2n) is 2.77. The van der Waals surface area contributed by atoms with Crippen LogP contribution in [0, 0.1) is 6.92 Å². The summed E-state index contributed by atoms with van der Waals surface area (Å²) in [6, 6.07) is 1.49. The third kappa shape index (κ3) is 2.77. The van der Waals surface area contributed by atoms with Gasteiger partial charge in [-0.25, -0.2) is 4.68 Å². The Hall–Kier alpha value is -1.52. The molecule has 0 bridgehead atoms. The van der Waals surface area contributed by atoms with Crippen LogP contribution in [0.1, 0.15) is 12.6 Å². The lowest BCUT2D eigenvalue weighted by atomic mass is 10.5. The molecular formula is C8H12N2O3. The molecule has 1 heterocycles. The SMILES string of the molecule is CC(=O)OCCn1[nH]c(C)cc1=O. The predicted molar refractivity (Wildman–Crippen MR) is 46.4 cm³/mol. The second kappa shape index (κ2) is 3.93. The highest BCUT2D eigenvalue weighted by molar-refractivity contribution is 5.65. The van der Waals surface area contributed by atoms with Crippen LogP contribution in [0.3, 0.4) is 0 Å². The monoisotopic (exact) mass is 184 g/mol. The highest BCUT2D eigenvalue weighted by Gasteiger charge is 1.99. The molecule has 0 aromatic carbocycles. The van der Waals surface area contributed by atoms with E-state index >= 15 is 0 Å². The van der Waals surface area contributed by atoms with Crippen LogP contribution in [0.4, 0.5) is 0 Å². The van der Waals surface area contributed by atoms with E-state index in [1.807, 2.05) is 0 Å². The molecule has 0 spiro atoms. The topological polar surface area (TPSA) is 64.1 Å². The standard InChI is InChI=1S/C8H12N2O3/c1-6-5-8(12)10(9-6)3-4-13-7(2)11/h5,9H,3-4H2,1-2H3. The highest BCUT2D eigenvalue weighted by Crippen LogP contribution is 1.86. The molecule has 0 aliphatic heterocycles. The minimum Gasteiger partial charge on any atom is -0.464 e. The molecule has 5 heteroatoms. The van der Waals surface area contributed by atoms with E-state index in [2.05, 4.69) is 5.10 Å². The number of hydrogen-bond donors (Lipinski definition) is 1. The van der Waals surface area contributed by atoms with E-state index in [1.165, 1.54) is 17.7 Å². The van der Waals surface area contributed by atoms with Gasteiger partial charge in [0.25, 0.3) is 5.56 Å². The van der Waals surface area contributed by atoms with E-state index in [0.29, 0.717) is 6.54 Å². The number of carbonyl (C=O) groups excluding carboxylic acids is 1. The van der Waals surface area contributed by atoms with Gasteiger partial charge in [0, 0.05) is 18.7 Å². The van der Waals surface area contributed by atoms with Gasteiger partial charge in [0.05, 0.1) is 6.54 Å². The number of aryl methyl sites for hydroxylation is 1. The zero-order valence-corrected chi connectivity index (χ0v) is 7.66. The van der Waals surface area contributed by atoms with E-state index < -0.39 is 0 Å². The van der Waals surface area contributed by atoms with Crippen molar-refractivity contribution in [2.45, 2.75) is 20.4 Å². The molecule has 0 aliphatic carbocycles. The number of hydrogen-bond acceptors (Lipinski definition) is 3. The number of aromatic nitrogens is 2. The average molecular weight is 184 g/mol. The van der Waals surface area contributed by atoms with Crippen LogP contribution in [0.25, 0.3) is 0 Å². The van der Waals surface area contributed by atoms with Gasteiger partial charge in [-0.3, -0.25) is 14.7 Å². The summed E-state index contributed by atoms with van der Waals surface area (Å²) in [4.78, 5) is 21.5. The number of rotatable bonds is 3. The molecule has 13 heavy (non-hydrogen) atoms. The second-order valence-corrected chi connectivity index (χ2v) is 2.77. The van der Waals surface area contributed by atoms with Gasteiger partial charge in [-0.15, -0.1) is 0 Å². The quantitative estimate of drug-likeness (QED) is 0.675. The number of ether oxygens (including phenoxy) is 1. The number of esters is 1. The fourth-order valence-corrected chi connectivity index (χ4v) is 1.01. The first-order chi connectivity index (χ1) is 6.09. The summed E-state index contributed by atoms with van der Waals surface area (Å²) in [5, 5.41) is 2.83. The van der Waals surface area contributed by atoms with Gasteiger partial charge >= 0.3 is 5.97 Å². The summed E-state index contributed by atoms with van der Waals surface area (Å²) in [7, 11) is 0. The van der Waals surface area contributed by atoms with Gasteiger partial charge in [0.15, 0.2) is 0 Å². The summed E-state index contributed by atoms with van der Waals surface area (Å²) in [6.45, 7) is 3.72. The van der Waals surface area contributed by atoms with Gasteiger partial charge < -0.3 is 4.74 Å². The maximum Gasteiger partial charge on any atom is 0.302 e. The van der Waals surface area contributed by atoms with Gasteiger partial charge in [-0.05, 0) is 6.92 Å². The van der Waals surface area contributed by atoms with Crippen LogP contribution < -0.4 is 5.56 Å². The molecule has 0 saturated carbocycles. The van der Waals surface area contributed by atoms with E-state index in [-0.39, 0.29) is 18.1 Å². The first-order valence-corrected chi connectivity index (χ1v) is 3.99. The van der Waals surface area contributed by atoms with Crippen LogP contribution in [0.5, 0.6) is 0 Å². The number of nitrogens with one attached hydrogen (secondary N) is 1. The van der Waals surface area contributed by atoms with Gasteiger partial charge in [-0.2, -0.15) is 0 Å². The molecule has 0 saturated heterocycles. The maximum atomic E-state index is 11.1. The van der Waals surface area contributed by atoms with Crippen molar-refractivity contribution in [1.82, 2.24) is 9.78 Å². The molecule has 1 aromatic heterocycles. The summed E-state index contributed by atoms with van der Waals surface area (Å²) in [5.74, 6) is -0.337. The molecule has 0 fully saturated rings. The van der Waals surface area contributed by atoms with Gasteiger partial charge in [-0.1, -0.05) is 0 Å². The van der Waals surface area contributed by atoms with Crippen molar-refractivity contribution in [3.05, 3.63) is 22.1 Å². The van der Waals surface area contributed by atoms with Crippen LogP contribution in [0.15, 0.2) is 10.9 Å². The molecule has 0 amide bonds. The van der Waals surface area contributed by atoms with Crippen LogP contribution >= 0.6 is 0 Å². The van der Waals surface area contributed by atoms with Crippen molar-refractivity contribution >= 4 is 5.97 Å². The maximum absolute atomic E-state index is 11.1. The van der Waals surface area contributed by atoms with Crippen LogP contribution in [0.2, 0.25) is 0 Å². The van der Waals surface area contributed by atoms with Gasteiger partial charge in [0.2, 0.25) is 0 Å². The first-order valence-electron chi connectivity index (χ1n) is 3.99. The zero-order chi connectivity index (χ0) is 9.84. The Morgan fingerprint density at radius 2 is 2.38 bits per heavy atom. The van der Waals surface area contributed by atoms with E-state index in [4.69, 9.17) is 4.74 Å². The van der Waals surface area contributed by atoms with Gasteiger partial charge in [0.1, 0.15) is 6.61 Å². The Bertz CT molecular complexity index is 351. The molecule has 1 aromatic rings. The van der Waals surface area contributed by atoms with Crippen molar-refractivity contribution in [3.8, 4) is 0 Å². The summed E-state index contributed by atoms with van der Waals surface area (Å²) < 4.78 is 6.09. The molecule has 5 nitrogen and oxygen atoms in total. The molecule has 0 unspecified atom stereocenters. The van der Waals surface area contributed by atoms with Crippen LogP contribution in [-0.4, -0.2) is 22.4 Å². The number of H-pyrrole nitrogens is 1. The zero-order valence-electron chi connectivity index (χ0n) is 7.66. The minimum absolute atomic E-state index is 0.107. The Labute approximate surface area is 75.3 Å². The lowest BCUT2D eigenvalue weighted by Gasteiger charge is -2.01. The molecule has 0 atom stereocenters. The summed E-state index contributed by atoms with van der Waals surface area (Å²) >= 11 is 0. The molecule has 0 radical (unpaired) electrons. The third-order valence-corrected chi connectivity index (χ3v) is 1.54. The Balaban J connectivity index is 2.50. The highest BCUT2D eigenvalue weighted by atomic mass is 16.5.